The average molecular weight is 228 g/mol. The van der Waals surface area contributed by atoms with E-state index >= 15 is 0 Å². The molecule has 1 aromatic heterocycles. The van der Waals surface area contributed by atoms with Gasteiger partial charge in [-0.25, -0.2) is 0 Å². The predicted molar refractivity (Wildman–Crippen MR) is 66.4 cm³/mol. The molecule has 0 N–H and O–H groups in total. The summed E-state index contributed by atoms with van der Waals surface area (Å²) in [6, 6.07) is 10.7. The Bertz CT molecular complexity index is 506. The largest absolute Gasteiger partial charge is 0.497 e. The molecule has 0 saturated carbocycles. The number of methoxy groups -OCH3 is 2. The zero-order chi connectivity index (χ0) is 12.3. The van der Waals surface area contributed by atoms with E-state index < -0.39 is 0 Å². The lowest BCUT2D eigenvalue weighted by Gasteiger charge is -2.10. The second kappa shape index (κ2) is 4.87. The molecule has 0 amide bonds. The molecular formula is C14H14NO2. The molecule has 0 aliphatic heterocycles. The molecule has 0 spiro atoms. The van der Waals surface area contributed by atoms with Crippen LogP contribution in [0, 0.1) is 13.0 Å². The van der Waals surface area contributed by atoms with Gasteiger partial charge in [-0.3, -0.25) is 4.98 Å². The minimum atomic E-state index is 0.691. The van der Waals surface area contributed by atoms with Crippen molar-refractivity contribution < 1.29 is 9.47 Å². The van der Waals surface area contributed by atoms with Crippen LogP contribution in [0.25, 0.3) is 11.1 Å². The van der Waals surface area contributed by atoms with E-state index in [-0.39, 0.29) is 0 Å². The van der Waals surface area contributed by atoms with E-state index in [1.165, 1.54) is 0 Å². The lowest BCUT2D eigenvalue weighted by molar-refractivity contribution is 0.403. The first-order valence-corrected chi connectivity index (χ1v) is 5.31. The predicted octanol–water partition coefficient (Wildman–Crippen LogP) is 2.87. The van der Waals surface area contributed by atoms with Crippen molar-refractivity contribution in [3.8, 4) is 22.6 Å². The van der Waals surface area contributed by atoms with Crippen molar-refractivity contribution >= 4 is 0 Å². The molecule has 1 heterocycles. The first-order valence-electron chi connectivity index (χ1n) is 5.31. The Kier molecular flexibility index (Phi) is 3.28. The summed E-state index contributed by atoms with van der Waals surface area (Å²) in [5.41, 5.74) is 2.90. The Morgan fingerprint density at radius 1 is 1.18 bits per heavy atom. The molecule has 0 unspecified atom stereocenters. The van der Waals surface area contributed by atoms with Crippen LogP contribution in [0.2, 0.25) is 0 Å². The third-order valence-corrected chi connectivity index (χ3v) is 2.54. The normalized spacial score (nSPS) is 10.1. The molecule has 1 aromatic carbocycles. The Hall–Kier alpha value is -2.03. The smallest absolute Gasteiger partial charge is 0.134 e. The number of ether oxygens (including phenoxy) is 2. The summed E-state index contributed by atoms with van der Waals surface area (Å²) in [5.74, 6) is 1.44. The van der Waals surface area contributed by atoms with Crippen LogP contribution in [0.1, 0.15) is 5.69 Å². The second-order valence-corrected chi connectivity index (χ2v) is 3.67. The third kappa shape index (κ3) is 2.38. The summed E-state index contributed by atoms with van der Waals surface area (Å²) in [7, 11) is 3.26. The molecular weight excluding hydrogens is 214 g/mol. The van der Waals surface area contributed by atoms with Crippen LogP contribution in [0.4, 0.5) is 0 Å². The van der Waals surface area contributed by atoms with E-state index in [2.05, 4.69) is 11.1 Å². The Balaban J connectivity index is 2.51. The zero-order valence-electron chi connectivity index (χ0n) is 10.2. The first-order chi connectivity index (χ1) is 8.24. The summed E-state index contributed by atoms with van der Waals surface area (Å²) in [4.78, 5) is 4.28. The maximum Gasteiger partial charge on any atom is 0.134 e. The van der Waals surface area contributed by atoms with Gasteiger partial charge in [-0.1, -0.05) is 6.07 Å². The lowest BCUT2D eigenvalue weighted by Crippen LogP contribution is -1.91. The fourth-order valence-corrected chi connectivity index (χ4v) is 1.59. The Labute approximate surface area is 101 Å². The molecule has 0 aliphatic rings. The topological polar surface area (TPSA) is 31.4 Å². The van der Waals surface area contributed by atoms with Crippen LogP contribution in [0.15, 0.2) is 30.5 Å². The van der Waals surface area contributed by atoms with Crippen LogP contribution in [0.3, 0.4) is 0 Å². The van der Waals surface area contributed by atoms with Gasteiger partial charge in [-0.2, -0.15) is 0 Å². The van der Waals surface area contributed by atoms with E-state index in [0.717, 1.165) is 22.6 Å². The Morgan fingerprint density at radius 3 is 2.59 bits per heavy atom. The minimum Gasteiger partial charge on any atom is -0.497 e. The van der Waals surface area contributed by atoms with Crippen LogP contribution >= 0.6 is 0 Å². The highest BCUT2D eigenvalue weighted by Gasteiger charge is 2.08. The van der Waals surface area contributed by atoms with Gasteiger partial charge >= 0.3 is 0 Å². The number of nitrogens with zero attached hydrogens (tertiary/aromatic N) is 1. The number of rotatable bonds is 3. The molecule has 0 bridgehead atoms. The van der Waals surface area contributed by atoms with Gasteiger partial charge in [0, 0.05) is 29.1 Å². The Morgan fingerprint density at radius 2 is 2.00 bits per heavy atom. The molecule has 87 valence electrons. The highest BCUT2D eigenvalue weighted by molar-refractivity contribution is 5.71. The fraction of sp³-hybridized carbons (Fsp3) is 0.214. The van der Waals surface area contributed by atoms with Crippen molar-refractivity contribution in [2.75, 3.05) is 14.2 Å². The summed E-state index contributed by atoms with van der Waals surface area (Å²) in [6.45, 7) is 1.96. The maximum atomic E-state index is 5.29. The van der Waals surface area contributed by atoms with Crippen LogP contribution in [-0.2, 0) is 0 Å². The van der Waals surface area contributed by atoms with Gasteiger partial charge in [0.2, 0.25) is 0 Å². The molecule has 3 nitrogen and oxygen atoms in total. The number of benzene rings is 1. The van der Waals surface area contributed by atoms with Crippen molar-refractivity contribution in [3.05, 3.63) is 42.2 Å². The molecule has 1 radical (unpaired) electrons. The standard InChI is InChI=1S/C14H14NO2/c1-10-4-5-11(9-15-10)13-8-12(16-2)6-7-14(13)17-3/h4-6,8-9H,1-3H3. The number of aromatic nitrogens is 1. The quantitative estimate of drug-likeness (QED) is 0.809. The summed E-state index contributed by atoms with van der Waals surface area (Å²) >= 11 is 0. The minimum absolute atomic E-state index is 0.691. The molecule has 17 heavy (non-hydrogen) atoms. The first kappa shape index (κ1) is 11.5. The molecule has 0 fully saturated rings. The van der Waals surface area contributed by atoms with Crippen molar-refractivity contribution in [1.29, 1.82) is 0 Å². The lowest BCUT2D eigenvalue weighted by atomic mass is 10.1. The highest BCUT2D eigenvalue weighted by Crippen LogP contribution is 2.32. The zero-order valence-corrected chi connectivity index (χ0v) is 10.2. The van der Waals surface area contributed by atoms with Gasteiger partial charge in [-0.15, -0.1) is 0 Å². The number of pyridine rings is 1. The van der Waals surface area contributed by atoms with E-state index in [9.17, 15) is 0 Å². The molecule has 2 aromatic rings. The van der Waals surface area contributed by atoms with E-state index in [4.69, 9.17) is 9.47 Å². The average Bonchev–Trinajstić information content (AvgIpc) is 2.39. The molecule has 2 rings (SSSR count). The SMILES string of the molecule is COc1c[c]c(OC)c(-c2ccc(C)nc2)c1. The fourth-order valence-electron chi connectivity index (χ4n) is 1.59. The van der Waals surface area contributed by atoms with E-state index in [0.29, 0.717) is 5.75 Å². The highest BCUT2D eigenvalue weighted by atomic mass is 16.5. The maximum absolute atomic E-state index is 5.29. The van der Waals surface area contributed by atoms with Gasteiger partial charge in [-0.05, 0) is 25.1 Å². The van der Waals surface area contributed by atoms with Crippen molar-refractivity contribution in [1.82, 2.24) is 4.98 Å². The molecule has 3 heteroatoms. The van der Waals surface area contributed by atoms with Gasteiger partial charge in [0.1, 0.15) is 11.5 Å². The number of hydrogen-bond acceptors (Lipinski definition) is 3. The van der Waals surface area contributed by atoms with Crippen molar-refractivity contribution in [2.45, 2.75) is 6.92 Å². The van der Waals surface area contributed by atoms with Crippen LogP contribution in [0.5, 0.6) is 11.5 Å². The van der Waals surface area contributed by atoms with Crippen LogP contribution in [-0.4, -0.2) is 19.2 Å². The van der Waals surface area contributed by atoms with Gasteiger partial charge < -0.3 is 9.47 Å². The molecule has 0 saturated heterocycles. The summed E-state index contributed by atoms with van der Waals surface area (Å²) in [6.07, 6.45) is 1.82. The van der Waals surface area contributed by atoms with E-state index in [1.54, 1.807) is 20.3 Å². The van der Waals surface area contributed by atoms with Crippen molar-refractivity contribution in [2.24, 2.45) is 0 Å². The summed E-state index contributed by atoms with van der Waals surface area (Å²) in [5, 5.41) is 0. The second-order valence-electron chi connectivity index (χ2n) is 3.67. The molecule has 0 atom stereocenters. The van der Waals surface area contributed by atoms with Crippen molar-refractivity contribution in [3.63, 3.8) is 0 Å². The van der Waals surface area contributed by atoms with E-state index in [1.807, 2.05) is 31.3 Å². The van der Waals surface area contributed by atoms with Gasteiger partial charge in [0.15, 0.2) is 0 Å². The molecule has 0 aliphatic carbocycles. The number of aryl methyl sites for hydroxylation is 1. The third-order valence-electron chi connectivity index (χ3n) is 2.54. The summed E-state index contributed by atoms with van der Waals surface area (Å²) < 4.78 is 10.5. The monoisotopic (exact) mass is 228 g/mol. The van der Waals surface area contributed by atoms with Gasteiger partial charge in [0.25, 0.3) is 0 Å². The van der Waals surface area contributed by atoms with Crippen LogP contribution < -0.4 is 9.47 Å². The number of hydrogen-bond donors (Lipinski definition) is 0. The van der Waals surface area contributed by atoms with Gasteiger partial charge in [0.05, 0.1) is 14.2 Å².